The first-order valence-electron chi connectivity index (χ1n) is 7.57. The predicted molar refractivity (Wildman–Crippen MR) is 78.7 cm³/mol. The SMILES string of the molecule is Fc1cc2nc(-c3cnnc(CC(F)(F)F)c3)n(C3CC3)c2cc1F. The molecule has 25 heavy (non-hydrogen) atoms. The Morgan fingerprint density at radius 3 is 2.48 bits per heavy atom. The second kappa shape index (κ2) is 5.47. The summed E-state index contributed by atoms with van der Waals surface area (Å²) in [4.78, 5) is 4.29. The third-order valence-electron chi connectivity index (χ3n) is 3.99. The highest BCUT2D eigenvalue weighted by molar-refractivity contribution is 5.81. The van der Waals surface area contributed by atoms with Gasteiger partial charge in [0.05, 0.1) is 29.3 Å². The fourth-order valence-corrected chi connectivity index (χ4v) is 2.82. The van der Waals surface area contributed by atoms with Gasteiger partial charge in [-0.1, -0.05) is 0 Å². The van der Waals surface area contributed by atoms with Crippen molar-refractivity contribution in [3.8, 4) is 11.4 Å². The maximum Gasteiger partial charge on any atom is 0.394 e. The molecule has 1 aliphatic rings. The number of imidazole rings is 1. The van der Waals surface area contributed by atoms with Crippen LogP contribution in [0, 0.1) is 11.6 Å². The van der Waals surface area contributed by atoms with E-state index in [9.17, 15) is 22.0 Å². The monoisotopic (exact) mass is 354 g/mol. The lowest BCUT2D eigenvalue weighted by molar-refractivity contribution is -0.127. The number of fused-ring (bicyclic) bond motifs is 1. The van der Waals surface area contributed by atoms with E-state index in [1.54, 1.807) is 4.57 Å². The van der Waals surface area contributed by atoms with Crippen molar-refractivity contribution in [3.63, 3.8) is 0 Å². The highest BCUT2D eigenvalue weighted by atomic mass is 19.4. The molecule has 2 heterocycles. The molecule has 0 bridgehead atoms. The van der Waals surface area contributed by atoms with Crippen molar-refractivity contribution in [2.24, 2.45) is 0 Å². The Hall–Kier alpha value is -2.58. The summed E-state index contributed by atoms with van der Waals surface area (Å²) in [6.07, 6.45) is -2.64. The number of benzene rings is 1. The minimum Gasteiger partial charge on any atom is -0.321 e. The zero-order valence-corrected chi connectivity index (χ0v) is 12.7. The molecule has 4 nitrogen and oxygen atoms in total. The molecule has 0 radical (unpaired) electrons. The van der Waals surface area contributed by atoms with Crippen molar-refractivity contribution in [3.05, 3.63) is 41.7 Å². The van der Waals surface area contributed by atoms with Gasteiger partial charge in [-0.25, -0.2) is 13.8 Å². The fraction of sp³-hybridized carbons (Fsp3) is 0.312. The van der Waals surface area contributed by atoms with Crippen molar-refractivity contribution in [1.29, 1.82) is 0 Å². The summed E-state index contributed by atoms with van der Waals surface area (Å²) in [7, 11) is 0. The average Bonchev–Trinajstić information content (AvgIpc) is 3.29. The second-order valence-electron chi connectivity index (χ2n) is 6.02. The van der Waals surface area contributed by atoms with Crippen molar-refractivity contribution >= 4 is 11.0 Å². The van der Waals surface area contributed by atoms with Gasteiger partial charge in [0.2, 0.25) is 0 Å². The first-order chi connectivity index (χ1) is 11.8. The standard InChI is InChI=1S/C16H11F5N4/c17-11-4-13-14(5-12(11)18)25(10-1-2-10)15(23-13)8-3-9(24-22-7-8)6-16(19,20)21/h3-5,7,10H,1-2,6H2. The van der Waals surface area contributed by atoms with E-state index < -0.39 is 24.2 Å². The number of rotatable bonds is 3. The van der Waals surface area contributed by atoms with E-state index >= 15 is 0 Å². The Kier molecular flexibility index (Phi) is 3.48. The molecule has 130 valence electrons. The fourth-order valence-electron chi connectivity index (χ4n) is 2.82. The Balaban J connectivity index is 1.86. The molecule has 0 N–H and O–H groups in total. The van der Waals surface area contributed by atoms with Crippen molar-refractivity contribution in [2.75, 3.05) is 0 Å². The maximum absolute atomic E-state index is 13.6. The molecule has 0 aliphatic heterocycles. The lowest BCUT2D eigenvalue weighted by atomic mass is 10.2. The number of hydrogen-bond acceptors (Lipinski definition) is 3. The van der Waals surface area contributed by atoms with Gasteiger partial charge in [0.25, 0.3) is 0 Å². The minimum absolute atomic E-state index is 0.0593. The van der Waals surface area contributed by atoms with Gasteiger partial charge < -0.3 is 4.57 Å². The van der Waals surface area contributed by atoms with Crippen LogP contribution in [0.25, 0.3) is 22.4 Å². The summed E-state index contributed by atoms with van der Waals surface area (Å²) >= 11 is 0. The van der Waals surface area contributed by atoms with Crippen LogP contribution in [0.2, 0.25) is 0 Å². The molecule has 2 aromatic heterocycles. The summed E-state index contributed by atoms with van der Waals surface area (Å²) in [5.74, 6) is -1.68. The molecule has 0 amide bonds. The summed E-state index contributed by atoms with van der Waals surface area (Å²) in [6, 6.07) is 3.36. The molecule has 9 heteroatoms. The lowest BCUT2D eigenvalue weighted by Crippen LogP contribution is -2.13. The number of alkyl halides is 3. The number of hydrogen-bond donors (Lipinski definition) is 0. The zero-order chi connectivity index (χ0) is 17.8. The summed E-state index contributed by atoms with van der Waals surface area (Å²) in [6.45, 7) is 0. The number of nitrogens with zero attached hydrogens (tertiary/aromatic N) is 4. The molecule has 0 spiro atoms. The molecule has 1 saturated carbocycles. The van der Waals surface area contributed by atoms with Crippen LogP contribution in [0.3, 0.4) is 0 Å². The molecular formula is C16H11F5N4. The van der Waals surface area contributed by atoms with Crippen LogP contribution in [0.5, 0.6) is 0 Å². The first-order valence-corrected chi connectivity index (χ1v) is 7.57. The van der Waals surface area contributed by atoms with Crippen LogP contribution < -0.4 is 0 Å². The van der Waals surface area contributed by atoms with Crippen LogP contribution in [-0.4, -0.2) is 25.9 Å². The van der Waals surface area contributed by atoms with Gasteiger partial charge >= 0.3 is 6.18 Å². The zero-order valence-electron chi connectivity index (χ0n) is 12.7. The number of aromatic nitrogens is 4. The van der Waals surface area contributed by atoms with Crippen LogP contribution in [0.1, 0.15) is 24.6 Å². The van der Waals surface area contributed by atoms with Gasteiger partial charge in [0, 0.05) is 23.7 Å². The third kappa shape index (κ3) is 3.06. The van der Waals surface area contributed by atoms with Gasteiger partial charge in [0.15, 0.2) is 11.6 Å². The van der Waals surface area contributed by atoms with Crippen LogP contribution in [0.15, 0.2) is 24.4 Å². The number of halogens is 5. The van der Waals surface area contributed by atoms with E-state index in [0.717, 1.165) is 25.0 Å². The van der Waals surface area contributed by atoms with Gasteiger partial charge in [-0.15, -0.1) is 0 Å². The van der Waals surface area contributed by atoms with E-state index in [4.69, 9.17) is 0 Å². The molecule has 1 aromatic carbocycles. The van der Waals surface area contributed by atoms with Crippen molar-refractivity contribution < 1.29 is 22.0 Å². The molecule has 1 fully saturated rings. The van der Waals surface area contributed by atoms with Gasteiger partial charge in [-0.3, -0.25) is 0 Å². The molecule has 1 aliphatic carbocycles. The molecule has 0 unspecified atom stereocenters. The topological polar surface area (TPSA) is 43.6 Å². The van der Waals surface area contributed by atoms with Crippen LogP contribution >= 0.6 is 0 Å². The van der Waals surface area contributed by atoms with Gasteiger partial charge in [0.1, 0.15) is 5.82 Å². The molecule has 0 saturated heterocycles. The van der Waals surface area contributed by atoms with E-state index in [0.29, 0.717) is 16.9 Å². The highest BCUT2D eigenvalue weighted by Gasteiger charge is 2.31. The largest absolute Gasteiger partial charge is 0.394 e. The van der Waals surface area contributed by atoms with Crippen LogP contribution in [-0.2, 0) is 6.42 Å². The van der Waals surface area contributed by atoms with Crippen molar-refractivity contribution in [1.82, 2.24) is 19.7 Å². The Bertz CT molecular complexity index is 959. The highest BCUT2D eigenvalue weighted by Crippen LogP contribution is 2.41. The van der Waals surface area contributed by atoms with Gasteiger partial charge in [-0.05, 0) is 18.9 Å². The van der Waals surface area contributed by atoms with Gasteiger partial charge in [-0.2, -0.15) is 23.4 Å². The third-order valence-corrected chi connectivity index (χ3v) is 3.99. The summed E-state index contributed by atoms with van der Waals surface area (Å²) in [5, 5.41) is 7.12. The Morgan fingerprint density at radius 2 is 1.80 bits per heavy atom. The minimum atomic E-state index is -4.41. The predicted octanol–water partition coefficient (Wildman–Crippen LogP) is 4.21. The molecule has 3 aromatic rings. The van der Waals surface area contributed by atoms with E-state index in [1.807, 2.05) is 0 Å². The molecule has 0 atom stereocenters. The van der Waals surface area contributed by atoms with E-state index in [1.165, 1.54) is 12.3 Å². The lowest BCUT2D eigenvalue weighted by Gasteiger charge is -2.09. The quantitative estimate of drug-likeness (QED) is 0.662. The van der Waals surface area contributed by atoms with E-state index in [2.05, 4.69) is 15.2 Å². The average molecular weight is 354 g/mol. The smallest absolute Gasteiger partial charge is 0.321 e. The summed E-state index contributed by atoms with van der Waals surface area (Å²) in [5.41, 5.74) is 0.746. The van der Waals surface area contributed by atoms with Crippen LogP contribution in [0.4, 0.5) is 22.0 Å². The normalized spacial score (nSPS) is 15.1. The molecule has 4 rings (SSSR count). The Morgan fingerprint density at radius 1 is 1.08 bits per heavy atom. The van der Waals surface area contributed by atoms with Crippen molar-refractivity contribution in [2.45, 2.75) is 31.5 Å². The molecular weight excluding hydrogens is 343 g/mol. The second-order valence-corrected chi connectivity index (χ2v) is 6.02. The maximum atomic E-state index is 13.6. The first kappa shape index (κ1) is 15.9. The van der Waals surface area contributed by atoms with E-state index in [-0.39, 0.29) is 17.3 Å². The summed E-state index contributed by atoms with van der Waals surface area (Å²) < 4.78 is 66.6. The Labute approximate surface area is 138 Å².